The van der Waals surface area contributed by atoms with E-state index in [4.69, 9.17) is 4.74 Å². The highest BCUT2D eigenvalue weighted by Gasteiger charge is 2.10. The summed E-state index contributed by atoms with van der Waals surface area (Å²) >= 11 is 0. The Morgan fingerprint density at radius 1 is 1.47 bits per heavy atom. The van der Waals surface area contributed by atoms with Gasteiger partial charge < -0.3 is 20.3 Å². The number of nitrogens with zero attached hydrogens (tertiary/aromatic N) is 2. The molecule has 104 valence electrons. The van der Waals surface area contributed by atoms with Crippen LogP contribution in [-0.2, 0) is 9.53 Å². The number of anilines is 2. The molecule has 1 saturated heterocycles. The van der Waals surface area contributed by atoms with Gasteiger partial charge in [0, 0.05) is 32.8 Å². The molecule has 2 rings (SSSR count). The van der Waals surface area contributed by atoms with Crippen LogP contribution in [0.4, 0.5) is 11.5 Å². The lowest BCUT2D eigenvalue weighted by molar-refractivity contribution is -0.120. The van der Waals surface area contributed by atoms with Gasteiger partial charge in [0.25, 0.3) is 5.91 Å². The standard InChI is InChI=1S/C13H20N4O2/c1-2-19-10-13(18)16-12-4-3-11(9-15-12)17-7-5-14-6-8-17/h3-4,9,14H,2,5-8,10H2,1H3,(H,15,16,18). The van der Waals surface area contributed by atoms with E-state index in [9.17, 15) is 4.79 Å². The lowest BCUT2D eigenvalue weighted by Gasteiger charge is -2.29. The Hall–Kier alpha value is -1.66. The number of nitrogens with one attached hydrogen (secondary N) is 2. The second kappa shape index (κ2) is 7.06. The van der Waals surface area contributed by atoms with Crippen molar-refractivity contribution in [2.45, 2.75) is 6.92 Å². The zero-order valence-corrected chi connectivity index (χ0v) is 11.2. The molecule has 0 unspecified atom stereocenters. The lowest BCUT2D eigenvalue weighted by Crippen LogP contribution is -2.43. The van der Waals surface area contributed by atoms with E-state index >= 15 is 0 Å². The van der Waals surface area contributed by atoms with Crippen LogP contribution in [0.2, 0.25) is 0 Å². The Bertz CT molecular complexity index is 402. The first kappa shape index (κ1) is 13.8. The summed E-state index contributed by atoms with van der Waals surface area (Å²) < 4.78 is 5.03. The normalized spacial score (nSPS) is 15.3. The van der Waals surface area contributed by atoms with Crippen molar-refractivity contribution in [2.75, 3.05) is 49.6 Å². The van der Waals surface area contributed by atoms with Crippen LogP contribution in [0.3, 0.4) is 0 Å². The molecule has 0 atom stereocenters. The smallest absolute Gasteiger partial charge is 0.251 e. The molecule has 1 aromatic rings. The van der Waals surface area contributed by atoms with Gasteiger partial charge in [-0.1, -0.05) is 0 Å². The van der Waals surface area contributed by atoms with Crippen molar-refractivity contribution >= 4 is 17.4 Å². The number of aromatic nitrogens is 1. The number of hydrogen-bond donors (Lipinski definition) is 2. The summed E-state index contributed by atoms with van der Waals surface area (Å²) in [6.45, 7) is 6.41. The molecule has 2 heterocycles. The molecule has 1 amide bonds. The first-order chi connectivity index (χ1) is 9.29. The van der Waals surface area contributed by atoms with Crippen LogP contribution in [0.15, 0.2) is 18.3 Å². The molecule has 2 N–H and O–H groups in total. The third-order valence-corrected chi connectivity index (χ3v) is 2.93. The largest absolute Gasteiger partial charge is 0.372 e. The second-order valence-corrected chi connectivity index (χ2v) is 4.32. The summed E-state index contributed by atoms with van der Waals surface area (Å²) in [5, 5.41) is 6.01. The van der Waals surface area contributed by atoms with E-state index in [2.05, 4.69) is 20.5 Å². The molecule has 0 aromatic carbocycles. The Morgan fingerprint density at radius 2 is 2.26 bits per heavy atom. The van der Waals surface area contributed by atoms with Gasteiger partial charge in [-0.15, -0.1) is 0 Å². The quantitative estimate of drug-likeness (QED) is 0.809. The summed E-state index contributed by atoms with van der Waals surface area (Å²) in [5.74, 6) is 0.382. The topological polar surface area (TPSA) is 66.5 Å². The highest BCUT2D eigenvalue weighted by molar-refractivity contribution is 5.90. The molecular weight excluding hydrogens is 244 g/mol. The molecule has 0 saturated carbocycles. The summed E-state index contributed by atoms with van der Waals surface area (Å²) in [7, 11) is 0. The molecule has 0 radical (unpaired) electrons. The molecule has 1 aliphatic heterocycles. The fraction of sp³-hybridized carbons (Fsp3) is 0.538. The van der Waals surface area contributed by atoms with Gasteiger partial charge in [0.2, 0.25) is 0 Å². The zero-order chi connectivity index (χ0) is 13.5. The Balaban J connectivity index is 1.88. The van der Waals surface area contributed by atoms with Gasteiger partial charge in [-0.05, 0) is 19.1 Å². The summed E-state index contributed by atoms with van der Waals surface area (Å²) in [6, 6.07) is 3.80. The van der Waals surface area contributed by atoms with Crippen LogP contribution in [0, 0.1) is 0 Å². The molecule has 0 bridgehead atoms. The summed E-state index contributed by atoms with van der Waals surface area (Å²) in [5.41, 5.74) is 1.09. The predicted molar refractivity (Wildman–Crippen MR) is 74.4 cm³/mol. The van der Waals surface area contributed by atoms with Gasteiger partial charge >= 0.3 is 0 Å². The second-order valence-electron chi connectivity index (χ2n) is 4.32. The van der Waals surface area contributed by atoms with E-state index in [1.54, 1.807) is 6.20 Å². The molecule has 6 nitrogen and oxygen atoms in total. The fourth-order valence-electron chi connectivity index (χ4n) is 1.94. The van der Waals surface area contributed by atoms with Gasteiger partial charge in [-0.3, -0.25) is 4.79 Å². The highest BCUT2D eigenvalue weighted by Crippen LogP contribution is 2.15. The van der Waals surface area contributed by atoms with Gasteiger partial charge in [0.15, 0.2) is 0 Å². The van der Waals surface area contributed by atoms with Crippen LogP contribution >= 0.6 is 0 Å². The zero-order valence-electron chi connectivity index (χ0n) is 11.2. The monoisotopic (exact) mass is 264 g/mol. The number of carbonyl (C=O) groups excluding carboxylic acids is 1. The first-order valence-corrected chi connectivity index (χ1v) is 6.59. The molecule has 0 spiro atoms. The average molecular weight is 264 g/mol. The minimum atomic E-state index is -0.177. The van der Waals surface area contributed by atoms with E-state index in [0.29, 0.717) is 12.4 Å². The van der Waals surface area contributed by atoms with Crippen LogP contribution in [0.25, 0.3) is 0 Å². The number of piperazine rings is 1. The van der Waals surface area contributed by atoms with E-state index in [0.717, 1.165) is 31.9 Å². The van der Waals surface area contributed by atoms with Gasteiger partial charge in [-0.25, -0.2) is 4.98 Å². The maximum atomic E-state index is 11.5. The number of amides is 1. The van der Waals surface area contributed by atoms with Crippen molar-refractivity contribution in [1.29, 1.82) is 0 Å². The highest BCUT2D eigenvalue weighted by atomic mass is 16.5. The fourth-order valence-corrected chi connectivity index (χ4v) is 1.94. The Morgan fingerprint density at radius 3 is 2.89 bits per heavy atom. The third-order valence-electron chi connectivity index (χ3n) is 2.93. The van der Waals surface area contributed by atoms with Crippen molar-refractivity contribution in [1.82, 2.24) is 10.3 Å². The van der Waals surface area contributed by atoms with Crippen molar-refractivity contribution in [3.05, 3.63) is 18.3 Å². The van der Waals surface area contributed by atoms with E-state index < -0.39 is 0 Å². The van der Waals surface area contributed by atoms with Crippen LogP contribution in [-0.4, -0.2) is 50.3 Å². The molecule has 6 heteroatoms. The Labute approximate surface area is 113 Å². The SMILES string of the molecule is CCOCC(=O)Nc1ccc(N2CCNCC2)cn1. The molecule has 0 aliphatic carbocycles. The van der Waals surface area contributed by atoms with Gasteiger partial charge in [0.1, 0.15) is 12.4 Å². The van der Waals surface area contributed by atoms with Crippen molar-refractivity contribution in [3.63, 3.8) is 0 Å². The average Bonchev–Trinajstić information content (AvgIpc) is 2.47. The van der Waals surface area contributed by atoms with Crippen molar-refractivity contribution in [3.8, 4) is 0 Å². The first-order valence-electron chi connectivity index (χ1n) is 6.59. The van der Waals surface area contributed by atoms with E-state index in [1.165, 1.54) is 0 Å². The van der Waals surface area contributed by atoms with Crippen LogP contribution in [0.5, 0.6) is 0 Å². The molecular formula is C13H20N4O2. The number of carbonyl (C=O) groups is 1. The number of ether oxygens (including phenoxy) is 1. The predicted octanol–water partition coefficient (Wildman–Crippen LogP) is 0.466. The summed E-state index contributed by atoms with van der Waals surface area (Å²) in [6.07, 6.45) is 1.79. The van der Waals surface area contributed by atoms with Crippen LogP contribution in [0.1, 0.15) is 6.92 Å². The minimum Gasteiger partial charge on any atom is -0.372 e. The van der Waals surface area contributed by atoms with E-state index in [-0.39, 0.29) is 12.5 Å². The molecule has 19 heavy (non-hydrogen) atoms. The van der Waals surface area contributed by atoms with Crippen molar-refractivity contribution < 1.29 is 9.53 Å². The van der Waals surface area contributed by atoms with Gasteiger partial charge in [0.05, 0.1) is 11.9 Å². The minimum absolute atomic E-state index is 0.0672. The third kappa shape index (κ3) is 4.18. The number of hydrogen-bond acceptors (Lipinski definition) is 5. The van der Waals surface area contributed by atoms with Crippen LogP contribution < -0.4 is 15.5 Å². The number of pyridine rings is 1. The lowest BCUT2D eigenvalue weighted by atomic mass is 10.3. The molecule has 1 fully saturated rings. The van der Waals surface area contributed by atoms with E-state index in [1.807, 2.05) is 19.1 Å². The maximum absolute atomic E-state index is 11.5. The Kier molecular flexibility index (Phi) is 5.11. The van der Waals surface area contributed by atoms with Crippen molar-refractivity contribution in [2.24, 2.45) is 0 Å². The maximum Gasteiger partial charge on any atom is 0.251 e. The number of rotatable bonds is 5. The van der Waals surface area contributed by atoms with Gasteiger partial charge in [-0.2, -0.15) is 0 Å². The molecule has 1 aliphatic rings. The molecule has 1 aromatic heterocycles. The summed E-state index contributed by atoms with van der Waals surface area (Å²) in [4.78, 5) is 18.0.